The van der Waals surface area contributed by atoms with Crippen LogP contribution < -0.4 is 9.64 Å². The van der Waals surface area contributed by atoms with Gasteiger partial charge in [0, 0.05) is 44.7 Å². The first-order valence-electron chi connectivity index (χ1n) is 11.9. The molecule has 10 nitrogen and oxygen atoms in total. The van der Waals surface area contributed by atoms with Crippen LogP contribution in [0.1, 0.15) is 26.7 Å². The lowest BCUT2D eigenvalue weighted by Gasteiger charge is -2.31. The predicted octanol–water partition coefficient (Wildman–Crippen LogP) is 3.18. The lowest BCUT2D eigenvalue weighted by Crippen LogP contribution is -2.42. The van der Waals surface area contributed by atoms with Crippen LogP contribution >= 0.6 is 0 Å². The number of rotatable bonds is 5. The van der Waals surface area contributed by atoms with Crippen LogP contribution in [-0.2, 0) is 9.47 Å². The summed E-state index contributed by atoms with van der Waals surface area (Å²) in [5.74, 6) is 0.00975. The Bertz CT molecular complexity index is 1190. The van der Waals surface area contributed by atoms with Crippen molar-refractivity contribution in [1.82, 2.24) is 24.6 Å². The van der Waals surface area contributed by atoms with Crippen LogP contribution in [0.2, 0.25) is 0 Å². The SMILES string of the molecule is CC(C)OC(=O)N1CCC(Oc2ncnc3c2cnn3-c2ccc(N3CCOCC3)cc2F)CC1. The molecule has 2 aliphatic heterocycles. The third-order valence-electron chi connectivity index (χ3n) is 6.18. The molecule has 2 saturated heterocycles. The van der Waals surface area contributed by atoms with Crippen molar-refractivity contribution < 1.29 is 23.4 Å². The van der Waals surface area contributed by atoms with Crippen molar-refractivity contribution in [2.75, 3.05) is 44.3 Å². The van der Waals surface area contributed by atoms with Crippen LogP contribution in [0.25, 0.3) is 16.7 Å². The lowest BCUT2D eigenvalue weighted by atomic mass is 10.1. The molecule has 2 fully saturated rings. The fourth-order valence-corrected chi connectivity index (χ4v) is 4.37. The first-order valence-corrected chi connectivity index (χ1v) is 11.9. The first kappa shape index (κ1) is 23.3. The average Bonchev–Trinajstić information content (AvgIpc) is 3.29. The monoisotopic (exact) mass is 484 g/mol. The molecule has 0 radical (unpaired) electrons. The van der Waals surface area contributed by atoms with E-state index in [1.807, 2.05) is 19.9 Å². The van der Waals surface area contributed by atoms with E-state index < -0.39 is 0 Å². The summed E-state index contributed by atoms with van der Waals surface area (Å²) in [6.07, 6.45) is 3.74. The van der Waals surface area contributed by atoms with Crippen LogP contribution in [0.4, 0.5) is 14.9 Å². The summed E-state index contributed by atoms with van der Waals surface area (Å²) < 4.78 is 33.4. The molecule has 0 N–H and O–H groups in total. The third kappa shape index (κ3) is 5.00. The zero-order valence-corrected chi connectivity index (χ0v) is 19.9. The summed E-state index contributed by atoms with van der Waals surface area (Å²) in [4.78, 5) is 24.5. The number of amides is 1. The number of carbonyl (C=O) groups excluding carboxylic acids is 1. The molecule has 1 amide bonds. The average molecular weight is 485 g/mol. The lowest BCUT2D eigenvalue weighted by molar-refractivity contribution is 0.0511. The Morgan fingerprint density at radius 3 is 2.63 bits per heavy atom. The second kappa shape index (κ2) is 10.0. The van der Waals surface area contributed by atoms with Crippen LogP contribution in [-0.4, -0.2) is 82.3 Å². The Labute approximate surface area is 202 Å². The number of anilines is 1. The first-order chi connectivity index (χ1) is 17.0. The number of piperidine rings is 1. The highest BCUT2D eigenvalue weighted by molar-refractivity contribution is 5.81. The number of hydrogen-bond donors (Lipinski definition) is 0. The van der Waals surface area contributed by atoms with Gasteiger partial charge in [0.15, 0.2) is 11.5 Å². The van der Waals surface area contributed by atoms with E-state index >= 15 is 4.39 Å². The highest BCUT2D eigenvalue weighted by atomic mass is 19.1. The van der Waals surface area contributed by atoms with Crippen molar-refractivity contribution >= 4 is 22.8 Å². The second-order valence-corrected chi connectivity index (χ2v) is 8.94. The minimum atomic E-state index is -0.388. The van der Waals surface area contributed by atoms with Gasteiger partial charge in [-0.2, -0.15) is 5.10 Å². The predicted molar refractivity (Wildman–Crippen MR) is 126 cm³/mol. The van der Waals surface area contributed by atoms with Crippen LogP contribution in [0, 0.1) is 5.82 Å². The van der Waals surface area contributed by atoms with Crippen molar-refractivity contribution in [2.45, 2.75) is 38.9 Å². The molecular weight excluding hydrogens is 455 g/mol. The summed E-state index contributed by atoms with van der Waals surface area (Å²) in [5.41, 5.74) is 1.58. The molecule has 186 valence electrons. The van der Waals surface area contributed by atoms with Gasteiger partial charge >= 0.3 is 6.09 Å². The van der Waals surface area contributed by atoms with Gasteiger partial charge in [-0.15, -0.1) is 0 Å². The van der Waals surface area contributed by atoms with Gasteiger partial charge in [0.1, 0.15) is 23.5 Å². The molecule has 35 heavy (non-hydrogen) atoms. The summed E-state index contributed by atoms with van der Waals surface area (Å²) in [5, 5.41) is 4.98. The molecular formula is C24H29FN6O4. The van der Waals surface area contributed by atoms with Crippen molar-refractivity contribution in [2.24, 2.45) is 0 Å². The molecule has 5 rings (SSSR count). The normalized spacial score (nSPS) is 17.3. The molecule has 0 unspecified atom stereocenters. The quantitative estimate of drug-likeness (QED) is 0.545. The van der Waals surface area contributed by atoms with Gasteiger partial charge < -0.3 is 24.0 Å². The number of nitrogens with zero attached hydrogens (tertiary/aromatic N) is 6. The zero-order valence-electron chi connectivity index (χ0n) is 19.9. The Morgan fingerprint density at radius 2 is 1.91 bits per heavy atom. The molecule has 2 aliphatic rings. The van der Waals surface area contributed by atoms with Crippen LogP contribution in [0.3, 0.4) is 0 Å². The number of carbonyl (C=O) groups is 1. The zero-order chi connectivity index (χ0) is 24.4. The second-order valence-electron chi connectivity index (χ2n) is 8.94. The van der Waals surface area contributed by atoms with E-state index in [1.54, 1.807) is 17.2 Å². The van der Waals surface area contributed by atoms with E-state index in [-0.39, 0.29) is 24.1 Å². The third-order valence-corrected chi connectivity index (χ3v) is 6.18. The highest BCUT2D eigenvalue weighted by Crippen LogP contribution is 2.28. The molecule has 3 aromatic rings. The Morgan fingerprint density at radius 1 is 1.14 bits per heavy atom. The van der Waals surface area contributed by atoms with Gasteiger partial charge in [-0.25, -0.2) is 23.8 Å². The minimum Gasteiger partial charge on any atom is -0.474 e. The van der Waals surface area contributed by atoms with Crippen molar-refractivity contribution in [3.8, 4) is 11.6 Å². The number of aromatic nitrogens is 4. The Kier molecular flexibility index (Phi) is 6.67. The molecule has 11 heteroatoms. The molecule has 0 aliphatic carbocycles. The Hall–Kier alpha value is -3.47. The maximum absolute atomic E-state index is 15.1. The minimum absolute atomic E-state index is 0.107. The standard InChI is InChI=1S/C24H29FN6O4/c1-16(2)34-24(32)30-7-5-18(6-8-30)35-23-19-14-28-31(22(19)26-15-27-23)21-4-3-17(13-20(21)25)29-9-11-33-12-10-29/h3-4,13-16,18H,5-12H2,1-2H3. The maximum atomic E-state index is 15.1. The summed E-state index contributed by atoms with van der Waals surface area (Å²) in [6.45, 7) is 7.48. The molecule has 0 saturated carbocycles. The number of likely N-dealkylation sites (tertiary alicyclic amines) is 1. The van der Waals surface area contributed by atoms with Gasteiger partial charge in [0.2, 0.25) is 5.88 Å². The van der Waals surface area contributed by atoms with E-state index in [4.69, 9.17) is 14.2 Å². The fraction of sp³-hybridized carbons (Fsp3) is 0.500. The summed E-state index contributed by atoms with van der Waals surface area (Å²) in [7, 11) is 0. The van der Waals surface area contributed by atoms with Gasteiger partial charge in [-0.05, 0) is 32.0 Å². The maximum Gasteiger partial charge on any atom is 0.410 e. The fourth-order valence-electron chi connectivity index (χ4n) is 4.37. The highest BCUT2D eigenvalue weighted by Gasteiger charge is 2.27. The number of halogens is 1. The Balaban J connectivity index is 1.31. The number of hydrogen-bond acceptors (Lipinski definition) is 8. The van der Waals surface area contributed by atoms with Crippen LogP contribution in [0.15, 0.2) is 30.7 Å². The molecule has 4 heterocycles. The smallest absolute Gasteiger partial charge is 0.410 e. The van der Waals surface area contributed by atoms with Crippen molar-refractivity contribution in [3.05, 3.63) is 36.5 Å². The molecule has 2 aromatic heterocycles. The summed E-state index contributed by atoms with van der Waals surface area (Å²) in [6, 6.07) is 5.11. The molecule has 0 atom stereocenters. The number of ether oxygens (including phenoxy) is 3. The van der Waals surface area contributed by atoms with Gasteiger partial charge in [-0.1, -0.05) is 0 Å². The van der Waals surface area contributed by atoms with Crippen LogP contribution in [0.5, 0.6) is 5.88 Å². The summed E-state index contributed by atoms with van der Waals surface area (Å²) >= 11 is 0. The van der Waals surface area contributed by atoms with E-state index in [2.05, 4.69) is 20.0 Å². The number of benzene rings is 1. The van der Waals surface area contributed by atoms with Gasteiger partial charge in [0.25, 0.3) is 0 Å². The topological polar surface area (TPSA) is 94.8 Å². The van der Waals surface area contributed by atoms with Crippen molar-refractivity contribution in [3.63, 3.8) is 0 Å². The van der Waals surface area contributed by atoms with E-state index in [1.165, 1.54) is 17.1 Å². The molecule has 1 aromatic carbocycles. The number of morpholine rings is 1. The van der Waals surface area contributed by atoms with E-state index in [0.717, 1.165) is 18.8 Å². The molecule has 0 spiro atoms. The largest absolute Gasteiger partial charge is 0.474 e. The number of fused-ring (bicyclic) bond motifs is 1. The van der Waals surface area contributed by atoms with E-state index in [9.17, 15) is 4.79 Å². The molecule has 0 bridgehead atoms. The van der Waals surface area contributed by atoms with Gasteiger partial charge in [0.05, 0.1) is 25.5 Å². The van der Waals surface area contributed by atoms with Gasteiger partial charge in [-0.3, -0.25) is 0 Å². The van der Waals surface area contributed by atoms with E-state index in [0.29, 0.717) is 61.7 Å². The van der Waals surface area contributed by atoms with Crippen molar-refractivity contribution in [1.29, 1.82) is 0 Å².